The molecule has 0 aromatic heterocycles. The third-order valence-electron chi connectivity index (χ3n) is 2.10. The van der Waals surface area contributed by atoms with Crippen molar-refractivity contribution >= 4 is 35.1 Å². The third-order valence-corrected chi connectivity index (χ3v) is 2.84. The molecular weight excluding hydrogens is 293 g/mol. The van der Waals surface area contributed by atoms with Gasteiger partial charge in [-0.2, -0.15) is 0 Å². The highest BCUT2D eigenvalue weighted by Crippen LogP contribution is 2.26. The van der Waals surface area contributed by atoms with Crippen LogP contribution in [-0.2, 0) is 4.79 Å². The van der Waals surface area contributed by atoms with Gasteiger partial charge in [-0.1, -0.05) is 23.2 Å². The van der Waals surface area contributed by atoms with Crippen molar-refractivity contribution in [3.63, 3.8) is 0 Å². The van der Waals surface area contributed by atoms with E-state index < -0.39 is 18.0 Å². The lowest BCUT2D eigenvalue weighted by Gasteiger charge is -2.15. The van der Waals surface area contributed by atoms with E-state index in [1.165, 1.54) is 20.0 Å². The summed E-state index contributed by atoms with van der Waals surface area (Å²) in [6.07, 6.45) is -0.811. The van der Waals surface area contributed by atoms with Gasteiger partial charge in [-0.15, -0.1) is 0 Å². The highest BCUT2D eigenvalue weighted by atomic mass is 35.5. The maximum absolute atomic E-state index is 11.6. The first-order chi connectivity index (χ1) is 8.93. The summed E-state index contributed by atoms with van der Waals surface area (Å²) >= 11 is 11.6. The molecule has 1 aromatic rings. The molecule has 3 amide bonds. The summed E-state index contributed by atoms with van der Waals surface area (Å²) in [5.41, 5.74) is 4.34. The van der Waals surface area contributed by atoms with E-state index >= 15 is 0 Å². The van der Waals surface area contributed by atoms with Crippen LogP contribution in [0, 0.1) is 0 Å². The van der Waals surface area contributed by atoms with E-state index in [0.717, 1.165) is 0 Å². The van der Waals surface area contributed by atoms with Crippen LogP contribution < -0.4 is 20.9 Å². The third kappa shape index (κ3) is 4.84. The fourth-order valence-corrected chi connectivity index (χ4v) is 1.38. The van der Waals surface area contributed by atoms with Gasteiger partial charge in [0.15, 0.2) is 6.10 Å². The Morgan fingerprint density at radius 1 is 1.21 bits per heavy atom. The summed E-state index contributed by atoms with van der Waals surface area (Å²) in [6.45, 7) is 1.53. The average molecular weight is 306 g/mol. The molecule has 0 spiro atoms. The van der Waals surface area contributed by atoms with E-state index in [4.69, 9.17) is 27.9 Å². The lowest BCUT2D eigenvalue weighted by Crippen LogP contribution is -2.49. The fraction of sp³-hybridized carbons (Fsp3) is 0.273. The molecule has 0 bridgehead atoms. The number of nitrogens with one attached hydrogen (secondary N) is 3. The van der Waals surface area contributed by atoms with E-state index in [9.17, 15) is 9.59 Å². The Hall–Kier alpha value is -1.66. The molecule has 0 heterocycles. The number of carbonyl (C=O) groups excluding carboxylic acids is 2. The van der Waals surface area contributed by atoms with E-state index in [1.807, 2.05) is 0 Å². The Labute approximate surface area is 120 Å². The zero-order valence-electron chi connectivity index (χ0n) is 10.3. The Morgan fingerprint density at radius 2 is 1.89 bits per heavy atom. The molecule has 0 saturated carbocycles. The van der Waals surface area contributed by atoms with Crippen LogP contribution >= 0.6 is 23.2 Å². The molecule has 8 heteroatoms. The molecule has 1 unspecified atom stereocenters. The molecule has 1 rings (SSSR count). The van der Waals surface area contributed by atoms with Gasteiger partial charge in [-0.05, 0) is 19.1 Å². The second-order valence-electron chi connectivity index (χ2n) is 3.53. The smallest absolute Gasteiger partial charge is 0.333 e. The molecule has 0 saturated heterocycles. The van der Waals surface area contributed by atoms with Crippen molar-refractivity contribution in [2.45, 2.75) is 13.0 Å². The Balaban J connectivity index is 2.53. The number of hydrogen-bond donors (Lipinski definition) is 3. The van der Waals surface area contributed by atoms with Gasteiger partial charge in [-0.3, -0.25) is 10.2 Å². The van der Waals surface area contributed by atoms with Crippen LogP contribution in [0.3, 0.4) is 0 Å². The van der Waals surface area contributed by atoms with Gasteiger partial charge in [0.2, 0.25) is 0 Å². The summed E-state index contributed by atoms with van der Waals surface area (Å²) in [5.74, 6) is -0.105. The van der Waals surface area contributed by atoms with Gasteiger partial charge < -0.3 is 10.1 Å². The minimum absolute atomic E-state index is 0.329. The van der Waals surface area contributed by atoms with Crippen LogP contribution in [-0.4, -0.2) is 25.1 Å². The normalized spacial score (nSPS) is 11.4. The molecule has 104 valence electrons. The summed E-state index contributed by atoms with van der Waals surface area (Å²) in [4.78, 5) is 22.5. The number of hydrogen-bond acceptors (Lipinski definition) is 3. The SMILES string of the molecule is CNC(=O)NNC(=O)C(C)Oc1ccc(Cl)c(Cl)c1. The molecule has 0 aliphatic carbocycles. The molecule has 1 aromatic carbocycles. The zero-order chi connectivity index (χ0) is 14.4. The predicted octanol–water partition coefficient (Wildman–Crippen LogP) is 1.72. The number of amides is 3. The molecule has 0 fully saturated rings. The Bertz CT molecular complexity index is 482. The Morgan fingerprint density at radius 3 is 2.47 bits per heavy atom. The van der Waals surface area contributed by atoms with Crippen molar-refractivity contribution in [2.75, 3.05) is 7.05 Å². The monoisotopic (exact) mass is 305 g/mol. The highest BCUT2D eigenvalue weighted by molar-refractivity contribution is 6.42. The molecule has 0 radical (unpaired) electrons. The lowest BCUT2D eigenvalue weighted by atomic mass is 10.3. The molecule has 19 heavy (non-hydrogen) atoms. The van der Waals surface area contributed by atoms with Gasteiger partial charge >= 0.3 is 6.03 Å². The number of benzene rings is 1. The molecule has 0 aliphatic heterocycles. The van der Waals surface area contributed by atoms with Crippen molar-refractivity contribution in [2.24, 2.45) is 0 Å². The van der Waals surface area contributed by atoms with Crippen LogP contribution in [0.1, 0.15) is 6.92 Å². The molecule has 1 atom stereocenters. The average Bonchev–Trinajstić information content (AvgIpc) is 2.39. The van der Waals surface area contributed by atoms with Crippen molar-refractivity contribution < 1.29 is 14.3 Å². The number of urea groups is 1. The number of rotatable bonds is 3. The summed E-state index contributed by atoms with van der Waals surface area (Å²) < 4.78 is 5.35. The molecule has 3 N–H and O–H groups in total. The van der Waals surface area contributed by atoms with Gasteiger partial charge in [0.05, 0.1) is 10.0 Å². The van der Waals surface area contributed by atoms with Gasteiger partial charge in [0, 0.05) is 13.1 Å². The van der Waals surface area contributed by atoms with Crippen molar-refractivity contribution in [3.8, 4) is 5.75 Å². The Kier molecular flexibility index (Phi) is 5.72. The molecular formula is C11H13Cl2N3O3. The maximum Gasteiger partial charge on any atom is 0.333 e. The van der Waals surface area contributed by atoms with E-state index in [2.05, 4.69) is 16.2 Å². The van der Waals surface area contributed by atoms with Crippen LogP contribution in [0.2, 0.25) is 10.0 Å². The number of halogens is 2. The first kappa shape index (κ1) is 15.4. The second-order valence-corrected chi connectivity index (χ2v) is 4.34. The van der Waals surface area contributed by atoms with E-state index in [1.54, 1.807) is 12.1 Å². The zero-order valence-corrected chi connectivity index (χ0v) is 11.8. The van der Waals surface area contributed by atoms with Crippen molar-refractivity contribution in [1.29, 1.82) is 0 Å². The highest BCUT2D eigenvalue weighted by Gasteiger charge is 2.15. The topological polar surface area (TPSA) is 79.5 Å². The van der Waals surface area contributed by atoms with Crippen LogP contribution in [0.4, 0.5) is 4.79 Å². The number of hydrazine groups is 1. The van der Waals surface area contributed by atoms with Crippen molar-refractivity contribution in [3.05, 3.63) is 28.2 Å². The summed E-state index contributed by atoms with van der Waals surface area (Å²) in [5, 5.41) is 3.01. The van der Waals surface area contributed by atoms with E-state index in [0.29, 0.717) is 15.8 Å². The minimum Gasteiger partial charge on any atom is -0.481 e. The van der Waals surface area contributed by atoms with Gasteiger partial charge in [0.1, 0.15) is 5.75 Å². The largest absolute Gasteiger partial charge is 0.481 e. The fourth-order valence-electron chi connectivity index (χ4n) is 1.09. The van der Waals surface area contributed by atoms with Crippen molar-refractivity contribution in [1.82, 2.24) is 16.2 Å². The van der Waals surface area contributed by atoms with E-state index in [-0.39, 0.29) is 0 Å². The van der Waals surface area contributed by atoms with Gasteiger partial charge in [-0.25, -0.2) is 10.2 Å². The quantitative estimate of drug-likeness (QED) is 0.744. The second kappa shape index (κ2) is 7.06. The number of ether oxygens (including phenoxy) is 1. The summed E-state index contributed by atoms with van der Waals surface area (Å²) in [7, 11) is 1.43. The maximum atomic E-state index is 11.6. The van der Waals surface area contributed by atoms with Crippen LogP contribution in [0.25, 0.3) is 0 Å². The minimum atomic E-state index is -0.811. The first-order valence-corrected chi connectivity index (χ1v) is 6.09. The molecule has 6 nitrogen and oxygen atoms in total. The number of carbonyl (C=O) groups is 2. The predicted molar refractivity (Wildman–Crippen MR) is 72.3 cm³/mol. The van der Waals surface area contributed by atoms with Crippen LogP contribution in [0.5, 0.6) is 5.75 Å². The van der Waals surface area contributed by atoms with Crippen LogP contribution in [0.15, 0.2) is 18.2 Å². The lowest BCUT2D eigenvalue weighted by molar-refractivity contribution is -0.128. The standard InChI is InChI=1S/C11H13Cl2N3O3/c1-6(10(17)15-16-11(18)14-2)19-7-3-4-8(12)9(13)5-7/h3-6H,1-2H3,(H,15,17)(H2,14,16,18). The van der Waals surface area contributed by atoms with Gasteiger partial charge in [0.25, 0.3) is 5.91 Å². The molecule has 0 aliphatic rings. The first-order valence-electron chi connectivity index (χ1n) is 5.33. The summed E-state index contributed by atoms with van der Waals surface area (Å²) in [6, 6.07) is 4.12.